The van der Waals surface area contributed by atoms with Crippen molar-refractivity contribution in [3.8, 4) is 5.75 Å². The van der Waals surface area contributed by atoms with Crippen LogP contribution in [0.3, 0.4) is 0 Å². The molecule has 0 aliphatic carbocycles. The highest BCUT2D eigenvalue weighted by atomic mass is 35.5. The fourth-order valence-electron chi connectivity index (χ4n) is 4.25. The van der Waals surface area contributed by atoms with E-state index in [1.54, 1.807) is 12.3 Å². The fourth-order valence-corrected chi connectivity index (χ4v) is 4.73. The molecule has 0 spiro atoms. The Hall–Kier alpha value is -3.06. The van der Waals surface area contributed by atoms with Crippen molar-refractivity contribution in [2.24, 2.45) is 0 Å². The van der Waals surface area contributed by atoms with Crippen LogP contribution in [0.1, 0.15) is 28.8 Å². The number of benzene rings is 2. The third kappa shape index (κ3) is 3.06. The van der Waals surface area contributed by atoms with E-state index in [1.165, 1.54) is 6.33 Å². The lowest BCUT2D eigenvalue weighted by molar-refractivity contribution is 0.223. The number of fused-ring (bicyclic) bond motifs is 3. The summed E-state index contributed by atoms with van der Waals surface area (Å²) in [5.41, 5.74) is 4.49. The molecule has 2 aromatic carbocycles. The van der Waals surface area contributed by atoms with Gasteiger partial charge in [-0.25, -0.2) is 4.68 Å². The minimum Gasteiger partial charge on any atom is -0.480 e. The molecule has 0 amide bonds. The van der Waals surface area contributed by atoms with Gasteiger partial charge < -0.3 is 10.1 Å². The van der Waals surface area contributed by atoms with Crippen molar-refractivity contribution in [1.29, 1.82) is 0 Å². The Bertz CT molecular complexity index is 1390. The van der Waals surface area contributed by atoms with Crippen LogP contribution < -0.4 is 10.1 Å². The first kappa shape index (κ1) is 19.6. The summed E-state index contributed by atoms with van der Waals surface area (Å²) in [6, 6.07) is 14.7. The first-order valence-corrected chi connectivity index (χ1v) is 11.0. The molecule has 9 heteroatoms. The maximum absolute atomic E-state index is 6.54. The lowest BCUT2D eigenvalue weighted by Crippen LogP contribution is -2.32. The third-order valence-corrected chi connectivity index (χ3v) is 6.60. The molecule has 0 radical (unpaired) electrons. The topological polar surface area (TPSA) is 64.9 Å². The van der Waals surface area contributed by atoms with Gasteiger partial charge in [0.1, 0.15) is 24.2 Å². The predicted octanol–water partition coefficient (Wildman–Crippen LogP) is 6.19. The maximum atomic E-state index is 6.54. The van der Waals surface area contributed by atoms with E-state index in [4.69, 9.17) is 39.5 Å². The van der Waals surface area contributed by atoms with E-state index in [0.29, 0.717) is 26.8 Å². The Morgan fingerprint density at radius 3 is 2.69 bits per heavy atom. The number of nitrogens with zero attached hydrogens (tertiary/aromatic N) is 4. The summed E-state index contributed by atoms with van der Waals surface area (Å²) in [5, 5.41) is 9.48. The molecule has 158 valence electrons. The number of rotatable bonds is 2. The Kier molecular flexibility index (Phi) is 4.61. The summed E-state index contributed by atoms with van der Waals surface area (Å²) in [4.78, 5) is 8.75. The molecule has 4 heterocycles. The second-order valence-electron chi connectivity index (χ2n) is 7.48. The first-order chi connectivity index (χ1) is 15.6. The van der Waals surface area contributed by atoms with E-state index in [9.17, 15) is 0 Å². The van der Waals surface area contributed by atoms with E-state index in [2.05, 4.69) is 20.4 Å². The number of ether oxygens (including phenoxy) is 1. The smallest absolute Gasteiger partial charge is 0.226 e. The highest BCUT2D eigenvalue weighted by Gasteiger charge is 2.41. The van der Waals surface area contributed by atoms with Crippen molar-refractivity contribution >= 4 is 46.4 Å². The van der Waals surface area contributed by atoms with Gasteiger partial charge >= 0.3 is 0 Å². The molecule has 32 heavy (non-hydrogen) atoms. The number of anilines is 1. The molecular formula is C23H14Cl3N5O. The lowest BCUT2D eigenvalue weighted by atomic mass is 9.85. The molecule has 6 nitrogen and oxygen atoms in total. The van der Waals surface area contributed by atoms with Gasteiger partial charge in [0.05, 0.1) is 15.7 Å². The zero-order chi connectivity index (χ0) is 21.8. The van der Waals surface area contributed by atoms with Crippen molar-refractivity contribution < 1.29 is 4.74 Å². The molecule has 0 fully saturated rings. The normalized spacial score (nSPS) is 18.8. The van der Waals surface area contributed by atoms with Crippen LogP contribution in [0, 0.1) is 0 Å². The van der Waals surface area contributed by atoms with Crippen molar-refractivity contribution in [2.75, 3.05) is 5.32 Å². The van der Waals surface area contributed by atoms with Gasteiger partial charge in [0.25, 0.3) is 0 Å². The molecule has 0 saturated heterocycles. The fraction of sp³-hybridized carbons (Fsp3) is 0.0870. The molecule has 0 bridgehead atoms. The summed E-state index contributed by atoms with van der Waals surface area (Å²) in [5.74, 6) is 1.33. The Labute approximate surface area is 198 Å². The number of hydrogen-bond donors (Lipinski definition) is 1. The van der Waals surface area contributed by atoms with Gasteiger partial charge in [-0.3, -0.25) is 4.98 Å². The zero-order valence-electron chi connectivity index (χ0n) is 16.3. The number of hydrogen-bond acceptors (Lipinski definition) is 5. The average Bonchev–Trinajstić information content (AvgIpc) is 3.28. The van der Waals surface area contributed by atoms with E-state index in [-0.39, 0.29) is 6.04 Å². The predicted molar refractivity (Wildman–Crippen MR) is 124 cm³/mol. The molecule has 2 aliphatic heterocycles. The summed E-state index contributed by atoms with van der Waals surface area (Å²) in [6.45, 7) is 0. The summed E-state index contributed by atoms with van der Waals surface area (Å²) < 4.78 is 8.37. The second-order valence-corrected chi connectivity index (χ2v) is 8.74. The number of pyridine rings is 1. The molecule has 1 N–H and O–H groups in total. The molecule has 2 aliphatic rings. The van der Waals surface area contributed by atoms with Gasteiger partial charge in [-0.15, -0.1) is 0 Å². The highest BCUT2D eigenvalue weighted by molar-refractivity contribution is 6.42. The Morgan fingerprint density at radius 1 is 0.969 bits per heavy atom. The monoisotopic (exact) mass is 481 g/mol. The van der Waals surface area contributed by atoms with Gasteiger partial charge in [0, 0.05) is 28.6 Å². The van der Waals surface area contributed by atoms with Crippen molar-refractivity contribution in [1.82, 2.24) is 19.7 Å². The largest absolute Gasteiger partial charge is 0.480 e. The lowest BCUT2D eigenvalue weighted by Gasteiger charge is -2.39. The summed E-state index contributed by atoms with van der Waals surface area (Å²) >= 11 is 18.9. The highest BCUT2D eigenvalue weighted by Crippen LogP contribution is 2.51. The van der Waals surface area contributed by atoms with Crippen molar-refractivity contribution in [3.63, 3.8) is 0 Å². The van der Waals surface area contributed by atoms with Crippen LogP contribution in [0.2, 0.25) is 15.1 Å². The van der Waals surface area contributed by atoms with Crippen LogP contribution in [0.4, 0.5) is 5.95 Å². The van der Waals surface area contributed by atoms with Crippen LogP contribution in [-0.4, -0.2) is 19.7 Å². The number of halogens is 3. The average molecular weight is 483 g/mol. The molecule has 0 saturated carbocycles. The van der Waals surface area contributed by atoms with E-state index in [0.717, 1.165) is 28.0 Å². The van der Waals surface area contributed by atoms with Gasteiger partial charge in [0.15, 0.2) is 0 Å². The van der Waals surface area contributed by atoms with Crippen molar-refractivity contribution in [2.45, 2.75) is 12.1 Å². The number of aromatic nitrogens is 4. The zero-order valence-corrected chi connectivity index (χ0v) is 18.6. The van der Waals surface area contributed by atoms with Gasteiger partial charge in [-0.1, -0.05) is 46.9 Å². The Balaban J connectivity index is 1.64. The quantitative estimate of drug-likeness (QED) is 0.369. The van der Waals surface area contributed by atoms with Crippen molar-refractivity contribution in [3.05, 3.63) is 105 Å². The summed E-state index contributed by atoms with van der Waals surface area (Å²) in [6.07, 6.45) is 4.64. The SMILES string of the molecule is Clc1ccc2c(c1)C1=C([C@H](c3cccnc3)n3ncnc3N1)[C@@H](c1ccc(Cl)c(Cl)c1)O2. The van der Waals surface area contributed by atoms with Crippen LogP contribution >= 0.6 is 34.8 Å². The first-order valence-electron chi connectivity index (χ1n) is 9.82. The van der Waals surface area contributed by atoms with Crippen LogP contribution in [0.25, 0.3) is 5.70 Å². The van der Waals surface area contributed by atoms with Crippen LogP contribution in [0.5, 0.6) is 5.75 Å². The molecule has 2 aromatic heterocycles. The van der Waals surface area contributed by atoms with Gasteiger partial charge in [-0.05, 0) is 47.5 Å². The minimum absolute atomic E-state index is 0.302. The second kappa shape index (κ2) is 7.52. The third-order valence-electron chi connectivity index (χ3n) is 5.62. The van der Waals surface area contributed by atoms with Crippen LogP contribution in [-0.2, 0) is 0 Å². The molecule has 0 unspecified atom stereocenters. The Morgan fingerprint density at radius 2 is 1.88 bits per heavy atom. The van der Waals surface area contributed by atoms with Gasteiger partial charge in [0.2, 0.25) is 5.95 Å². The van der Waals surface area contributed by atoms with Gasteiger partial charge in [-0.2, -0.15) is 10.1 Å². The molecule has 4 aromatic rings. The molecular weight excluding hydrogens is 469 g/mol. The maximum Gasteiger partial charge on any atom is 0.226 e. The molecule has 2 atom stereocenters. The minimum atomic E-state index is -0.455. The standard InChI is InChI=1S/C23H14Cl3N5O/c24-14-4-6-18-15(9-14)20-19(22(32-18)12-3-5-16(25)17(26)8-12)21(13-2-1-7-27-10-13)31-23(30-20)28-11-29-31/h1-11,21-22H,(H,28,29,30)/t21-,22+/m0/s1. The molecule has 6 rings (SSSR count). The van der Waals surface area contributed by atoms with E-state index < -0.39 is 6.10 Å². The van der Waals surface area contributed by atoms with E-state index >= 15 is 0 Å². The van der Waals surface area contributed by atoms with E-state index in [1.807, 2.05) is 53.3 Å². The van der Waals surface area contributed by atoms with Crippen LogP contribution in [0.15, 0.2) is 72.8 Å². The number of nitrogens with one attached hydrogen (secondary N) is 1. The summed E-state index contributed by atoms with van der Waals surface area (Å²) in [7, 11) is 0.